The van der Waals surface area contributed by atoms with E-state index in [-0.39, 0.29) is 12.2 Å². The Morgan fingerprint density at radius 3 is 2.34 bits per heavy atom. The predicted octanol–water partition coefficient (Wildman–Crippen LogP) is 4.71. The van der Waals surface area contributed by atoms with Gasteiger partial charge in [0.05, 0.1) is 11.1 Å². The molecule has 0 atom stereocenters. The first kappa shape index (κ1) is 25.0. The lowest BCUT2D eigenvalue weighted by atomic mass is 9.92. The average molecular weight is 462 g/mol. The number of hydrogen-bond donors (Lipinski definition) is 2. The molecule has 0 saturated heterocycles. The van der Waals surface area contributed by atoms with Crippen LogP contribution in [0.15, 0.2) is 41.5 Å². The maximum absolute atomic E-state index is 15.1. The molecular weight excluding hydrogens is 442 g/mol. The number of halogens is 6. The summed E-state index contributed by atoms with van der Waals surface area (Å²) in [4.78, 5) is 19.3. The monoisotopic (exact) mass is 462 g/mol. The molecule has 1 aromatic carbocycles. The van der Waals surface area contributed by atoms with Gasteiger partial charge in [0.2, 0.25) is 0 Å². The van der Waals surface area contributed by atoms with Crippen molar-refractivity contribution in [1.82, 2.24) is 4.98 Å². The van der Waals surface area contributed by atoms with E-state index in [1.807, 2.05) is 0 Å². The van der Waals surface area contributed by atoms with E-state index in [1.54, 1.807) is 6.92 Å². The number of carbonyl (C=O) groups is 1. The maximum atomic E-state index is 15.1. The summed E-state index contributed by atoms with van der Waals surface area (Å²) in [7, 11) is 0. The number of nitrogens with zero attached hydrogens (tertiary/aromatic N) is 2. The molecule has 12 heteroatoms. The highest BCUT2D eigenvalue weighted by Crippen LogP contribution is 2.43. The van der Waals surface area contributed by atoms with E-state index in [0.29, 0.717) is 24.4 Å². The molecule has 174 valence electrons. The van der Waals surface area contributed by atoms with Crippen molar-refractivity contribution in [3.8, 4) is 0 Å². The van der Waals surface area contributed by atoms with Gasteiger partial charge in [-0.1, -0.05) is 0 Å². The van der Waals surface area contributed by atoms with E-state index < -0.39 is 52.3 Å². The number of anilines is 1. The Morgan fingerprint density at radius 2 is 1.81 bits per heavy atom. The summed E-state index contributed by atoms with van der Waals surface area (Å²) in [6, 6.07) is 3.37. The van der Waals surface area contributed by atoms with Gasteiger partial charge in [-0.15, -0.1) is 0 Å². The van der Waals surface area contributed by atoms with Gasteiger partial charge in [0.25, 0.3) is 11.9 Å². The summed E-state index contributed by atoms with van der Waals surface area (Å²) in [5.41, 5.74) is 0.342. The van der Waals surface area contributed by atoms with Crippen LogP contribution >= 0.6 is 0 Å². The van der Waals surface area contributed by atoms with Gasteiger partial charge >= 0.3 is 12.1 Å². The number of nitrogens with one attached hydrogen (secondary N) is 1. The van der Waals surface area contributed by atoms with Gasteiger partial charge in [0.15, 0.2) is 5.60 Å². The van der Waals surface area contributed by atoms with Crippen molar-refractivity contribution in [2.45, 2.75) is 38.5 Å². The van der Waals surface area contributed by atoms with Crippen LogP contribution < -0.4 is 11.1 Å². The number of amides is 1. The molecular formula is C20H20F6N4O2. The highest BCUT2D eigenvalue weighted by molar-refractivity contribution is 6.02. The molecule has 0 bridgehead atoms. The fourth-order valence-electron chi connectivity index (χ4n) is 2.57. The zero-order chi connectivity index (χ0) is 24.3. The molecule has 32 heavy (non-hydrogen) atoms. The van der Waals surface area contributed by atoms with E-state index in [4.69, 9.17) is 10.5 Å². The van der Waals surface area contributed by atoms with Gasteiger partial charge in [-0.05, 0) is 51.1 Å². The highest BCUT2D eigenvalue weighted by atomic mass is 19.4. The number of amidine groups is 1. The van der Waals surface area contributed by atoms with Crippen LogP contribution in [0.2, 0.25) is 0 Å². The van der Waals surface area contributed by atoms with Crippen molar-refractivity contribution in [3.05, 3.63) is 59.2 Å². The Kier molecular flexibility index (Phi) is 7.06. The minimum Gasteiger partial charge on any atom is -0.453 e. The Balaban J connectivity index is 2.30. The summed E-state index contributed by atoms with van der Waals surface area (Å²) in [6.07, 6.45) is -4.18. The molecule has 1 amide bonds. The number of benzene rings is 1. The molecule has 1 aromatic heterocycles. The second-order valence-corrected chi connectivity index (χ2v) is 7.08. The maximum Gasteiger partial charge on any atom is 0.417 e. The highest BCUT2D eigenvalue weighted by Gasteiger charge is 2.52. The Labute approximate surface area is 179 Å². The van der Waals surface area contributed by atoms with Gasteiger partial charge < -0.3 is 15.8 Å². The molecule has 6 nitrogen and oxygen atoms in total. The number of carbonyl (C=O) groups excluding carboxylic acids is 1. The molecule has 2 rings (SSSR count). The third-order valence-electron chi connectivity index (χ3n) is 4.32. The van der Waals surface area contributed by atoms with E-state index in [9.17, 15) is 22.4 Å². The molecule has 1 heterocycles. The van der Waals surface area contributed by atoms with Gasteiger partial charge in [0, 0.05) is 18.4 Å². The number of aromatic nitrogens is 1. The standard InChI is InChI=1S/C20H20F6N4O2/c1-4-28-17(27)32-18(2,3)19(22,23)13-9-12(6-7-14(13)21)30-16(31)15-8-5-11(10-29-15)20(24,25)26/h5-10H,4H2,1-3H3,(H2,27,28)(H,30,31). The number of nitrogens with two attached hydrogens (primary N) is 1. The van der Waals surface area contributed by atoms with Crippen LogP contribution in [0.3, 0.4) is 0 Å². The molecule has 3 N–H and O–H groups in total. The lowest BCUT2D eigenvalue weighted by Gasteiger charge is -2.34. The van der Waals surface area contributed by atoms with Gasteiger partial charge in [-0.25, -0.2) is 9.38 Å². The van der Waals surface area contributed by atoms with E-state index in [0.717, 1.165) is 26.0 Å². The number of alkyl halides is 5. The second-order valence-electron chi connectivity index (χ2n) is 7.08. The smallest absolute Gasteiger partial charge is 0.417 e. The molecule has 0 radical (unpaired) electrons. The van der Waals surface area contributed by atoms with Crippen LogP contribution in [0, 0.1) is 5.82 Å². The Hall–Kier alpha value is -3.31. The molecule has 2 aromatic rings. The first-order valence-electron chi connectivity index (χ1n) is 9.20. The van der Waals surface area contributed by atoms with Crippen molar-refractivity contribution in [2.75, 3.05) is 11.9 Å². The lowest BCUT2D eigenvalue weighted by Crippen LogP contribution is -2.46. The van der Waals surface area contributed by atoms with Gasteiger partial charge in [-0.2, -0.15) is 22.0 Å². The van der Waals surface area contributed by atoms with Crippen LogP contribution in [0.5, 0.6) is 0 Å². The van der Waals surface area contributed by atoms with E-state index >= 15 is 8.78 Å². The molecule has 0 unspecified atom stereocenters. The van der Waals surface area contributed by atoms with Crippen molar-refractivity contribution in [3.63, 3.8) is 0 Å². The molecule has 0 saturated carbocycles. The summed E-state index contributed by atoms with van der Waals surface area (Å²) < 4.78 is 87.3. The van der Waals surface area contributed by atoms with Crippen molar-refractivity contribution < 1.29 is 35.9 Å². The zero-order valence-electron chi connectivity index (χ0n) is 17.2. The summed E-state index contributed by atoms with van der Waals surface area (Å²) in [5.74, 6) is -6.17. The van der Waals surface area contributed by atoms with Crippen molar-refractivity contribution >= 4 is 17.6 Å². The fourth-order valence-corrected chi connectivity index (χ4v) is 2.57. The third kappa shape index (κ3) is 5.48. The van der Waals surface area contributed by atoms with Crippen LogP contribution in [0.25, 0.3) is 0 Å². The Bertz CT molecular complexity index is 1000. The second kappa shape index (κ2) is 9.05. The topological polar surface area (TPSA) is 89.6 Å². The van der Waals surface area contributed by atoms with Crippen LogP contribution in [-0.2, 0) is 16.8 Å². The zero-order valence-corrected chi connectivity index (χ0v) is 17.2. The largest absolute Gasteiger partial charge is 0.453 e. The first-order chi connectivity index (χ1) is 14.7. The minimum atomic E-state index is -4.64. The Morgan fingerprint density at radius 1 is 1.16 bits per heavy atom. The molecule has 0 aliphatic carbocycles. The van der Waals surface area contributed by atoms with Crippen molar-refractivity contribution in [2.24, 2.45) is 10.7 Å². The van der Waals surface area contributed by atoms with Crippen LogP contribution in [0.4, 0.5) is 32.0 Å². The molecule has 0 fully saturated rings. The average Bonchev–Trinajstić information content (AvgIpc) is 2.68. The SMILES string of the molecule is CCN=C(N)OC(C)(C)C(F)(F)c1cc(NC(=O)c2ccc(C(F)(F)F)cn2)ccc1F. The summed E-state index contributed by atoms with van der Waals surface area (Å²) >= 11 is 0. The summed E-state index contributed by atoms with van der Waals surface area (Å²) in [6.45, 7) is 3.77. The molecule has 0 aliphatic rings. The third-order valence-corrected chi connectivity index (χ3v) is 4.32. The number of pyridine rings is 1. The van der Waals surface area contributed by atoms with Gasteiger partial charge in [0.1, 0.15) is 11.5 Å². The normalized spacial score (nSPS) is 13.1. The number of hydrogen-bond acceptors (Lipinski definition) is 4. The number of ether oxygens (including phenoxy) is 1. The number of rotatable bonds is 6. The quantitative estimate of drug-likeness (QED) is 0.370. The van der Waals surface area contributed by atoms with E-state index in [1.165, 1.54) is 0 Å². The van der Waals surface area contributed by atoms with Gasteiger partial charge in [-0.3, -0.25) is 9.78 Å². The molecule has 0 aliphatic heterocycles. The lowest BCUT2D eigenvalue weighted by molar-refractivity contribution is -0.162. The minimum absolute atomic E-state index is 0.182. The van der Waals surface area contributed by atoms with Crippen LogP contribution in [0.1, 0.15) is 42.4 Å². The van der Waals surface area contributed by atoms with E-state index in [2.05, 4.69) is 15.3 Å². The van der Waals surface area contributed by atoms with Crippen molar-refractivity contribution in [1.29, 1.82) is 0 Å². The fraction of sp³-hybridized carbons (Fsp3) is 0.350. The van der Waals surface area contributed by atoms with Crippen LogP contribution in [-0.4, -0.2) is 29.1 Å². The predicted molar refractivity (Wildman–Crippen MR) is 105 cm³/mol. The molecule has 0 spiro atoms. The number of aliphatic imine (C=N–C) groups is 1. The summed E-state index contributed by atoms with van der Waals surface area (Å²) in [5, 5.41) is 2.20. The first-order valence-corrected chi connectivity index (χ1v) is 9.20.